The topological polar surface area (TPSA) is 67.2 Å². The van der Waals surface area contributed by atoms with Crippen molar-refractivity contribution in [1.29, 1.82) is 0 Å². The van der Waals surface area contributed by atoms with E-state index in [1.807, 2.05) is 6.07 Å². The summed E-state index contributed by atoms with van der Waals surface area (Å²) in [6, 6.07) is 5.99. The number of benzene rings is 1. The number of nitro benzene ring substituents is 1. The summed E-state index contributed by atoms with van der Waals surface area (Å²) in [6.07, 6.45) is 2.14. The number of aryl methyl sites for hydroxylation is 1. The molecule has 1 fully saturated rings. The summed E-state index contributed by atoms with van der Waals surface area (Å²) >= 11 is 0. The molecular formula is C13H19N3O2. The van der Waals surface area contributed by atoms with E-state index in [4.69, 9.17) is 0 Å². The van der Waals surface area contributed by atoms with Crippen LogP contribution in [0.3, 0.4) is 0 Å². The minimum absolute atomic E-state index is 0.190. The van der Waals surface area contributed by atoms with E-state index in [0.29, 0.717) is 17.3 Å². The van der Waals surface area contributed by atoms with E-state index in [-0.39, 0.29) is 16.7 Å². The van der Waals surface area contributed by atoms with E-state index in [2.05, 4.69) is 17.6 Å². The lowest BCUT2D eigenvalue weighted by atomic mass is 9.99. The Morgan fingerprint density at radius 1 is 1.50 bits per heavy atom. The van der Waals surface area contributed by atoms with E-state index in [0.717, 1.165) is 19.4 Å². The predicted octanol–water partition coefficient (Wildman–Crippen LogP) is 2.46. The molecule has 5 nitrogen and oxygen atoms in total. The summed E-state index contributed by atoms with van der Waals surface area (Å²) in [4.78, 5) is 10.8. The third-order valence-electron chi connectivity index (χ3n) is 3.52. The Labute approximate surface area is 107 Å². The monoisotopic (exact) mass is 249 g/mol. The first-order valence-corrected chi connectivity index (χ1v) is 6.33. The minimum Gasteiger partial charge on any atom is -0.375 e. The number of hydrogen-bond acceptors (Lipinski definition) is 4. The van der Waals surface area contributed by atoms with Gasteiger partial charge in [0.25, 0.3) is 5.69 Å². The van der Waals surface area contributed by atoms with Crippen molar-refractivity contribution in [3.8, 4) is 0 Å². The van der Waals surface area contributed by atoms with Crippen molar-refractivity contribution in [2.75, 3.05) is 11.9 Å². The van der Waals surface area contributed by atoms with Crippen LogP contribution in [0.1, 0.15) is 25.3 Å². The summed E-state index contributed by atoms with van der Waals surface area (Å²) in [5, 5.41) is 17.8. The lowest BCUT2D eigenvalue weighted by Crippen LogP contribution is -2.46. The molecule has 1 saturated heterocycles. The first kappa shape index (κ1) is 12.8. The normalized spacial score (nSPS) is 23.7. The Morgan fingerprint density at radius 2 is 2.28 bits per heavy atom. The molecule has 1 aliphatic heterocycles. The molecule has 2 atom stereocenters. The molecule has 1 aromatic rings. The van der Waals surface area contributed by atoms with E-state index in [1.165, 1.54) is 0 Å². The van der Waals surface area contributed by atoms with E-state index in [9.17, 15) is 10.1 Å². The second-order valence-electron chi connectivity index (χ2n) is 4.86. The van der Waals surface area contributed by atoms with Crippen LogP contribution in [0.15, 0.2) is 18.2 Å². The minimum atomic E-state index is -0.307. The third-order valence-corrected chi connectivity index (χ3v) is 3.52. The van der Waals surface area contributed by atoms with Gasteiger partial charge >= 0.3 is 0 Å². The fourth-order valence-electron chi connectivity index (χ4n) is 2.46. The molecule has 2 rings (SSSR count). The number of hydrogen-bond donors (Lipinski definition) is 2. The first-order valence-electron chi connectivity index (χ1n) is 6.33. The molecule has 5 heteroatoms. The van der Waals surface area contributed by atoms with Gasteiger partial charge in [-0.1, -0.05) is 12.1 Å². The average Bonchev–Trinajstić information content (AvgIpc) is 2.31. The fraction of sp³-hybridized carbons (Fsp3) is 0.538. The standard InChI is InChI=1S/C13H19N3O2/c1-9-5-3-6-12(13(9)16(17)18)15-11-7-4-8-14-10(11)2/h3,5-6,10-11,14-15H,4,7-8H2,1-2H3. The van der Waals surface area contributed by atoms with Gasteiger partial charge in [-0.05, 0) is 39.3 Å². The van der Waals surface area contributed by atoms with Gasteiger partial charge in [0.1, 0.15) is 5.69 Å². The zero-order valence-corrected chi connectivity index (χ0v) is 10.8. The zero-order chi connectivity index (χ0) is 13.1. The summed E-state index contributed by atoms with van der Waals surface area (Å²) in [5.74, 6) is 0. The van der Waals surface area contributed by atoms with E-state index in [1.54, 1.807) is 19.1 Å². The molecule has 2 unspecified atom stereocenters. The molecule has 0 radical (unpaired) electrons. The molecule has 0 aromatic heterocycles. The Morgan fingerprint density at radius 3 is 2.94 bits per heavy atom. The fourth-order valence-corrected chi connectivity index (χ4v) is 2.46. The van der Waals surface area contributed by atoms with Crippen LogP contribution in [0.2, 0.25) is 0 Å². The second kappa shape index (κ2) is 5.35. The molecule has 18 heavy (non-hydrogen) atoms. The van der Waals surface area contributed by atoms with Gasteiger partial charge < -0.3 is 10.6 Å². The van der Waals surface area contributed by atoms with E-state index >= 15 is 0 Å². The predicted molar refractivity (Wildman–Crippen MR) is 71.9 cm³/mol. The Hall–Kier alpha value is -1.62. The Kier molecular flexibility index (Phi) is 3.81. The van der Waals surface area contributed by atoms with E-state index < -0.39 is 0 Å². The molecule has 1 aliphatic rings. The summed E-state index contributed by atoms with van der Waals surface area (Å²) in [5.41, 5.74) is 1.51. The van der Waals surface area contributed by atoms with Crippen molar-refractivity contribution in [1.82, 2.24) is 5.32 Å². The van der Waals surface area contributed by atoms with Crippen LogP contribution in [0.25, 0.3) is 0 Å². The lowest BCUT2D eigenvalue weighted by molar-refractivity contribution is -0.384. The van der Waals surface area contributed by atoms with Crippen molar-refractivity contribution in [3.05, 3.63) is 33.9 Å². The number of rotatable bonds is 3. The van der Waals surface area contributed by atoms with Crippen LogP contribution in [-0.4, -0.2) is 23.6 Å². The van der Waals surface area contributed by atoms with Gasteiger partial charge in [-0.15, -0.1) is 0 Å². The third kappa shape index (κ3) is 2.61. The van der Waals surface area contributed by atoms with Crippen molar-refractivity contribution in [3.63, 3.8) is 0 Å². The molecule has 0 spiro atoms. The second-order valence-corrected chi connectivity index (χ2v) is 4.86. The van der Waals surface area contributed by atoms with Crippen molar-refractivity contribution < 1.29 is 4.92 Å². The van der Waals surface area contributed by atoms with Crippen LogP contribution < -0.4 is 10.6 Å². The number of piperidine rings is 1. The van der Waals surface area contributed by atoms with Crippen LogP contribution in [0.5, 0.6) is 0 Å². The zero-order valence-electron chi connectivity index (χ0n) is 10.8. The molecule has 0 amide bonds. The molecule has 2 N–H and O–H groups in total. The van der Waals surface area contributed by atoms with Crippen molar-refractivity contribution >= 4 is 11.4 Å². The van der Waals surface area contributed by atoms with Crippen LogP contribution in [0, 0.1) is 17.0 Å². The van der Waals surface area contributed by atoms with Gasteiger partial charge in [0.15, 0.2) is 0 Å². The Bertz CT molecular complexity index is 448. The van der Waals surface area contributed by atoms with Crippen LogP contribution in [-0.2, 0) is 0 Å². The highest BCUT2D eigenvalue weighted by molar-refractivity contribution is 5.65. The summed E-state index contributed by atoms with van der Waals surface area (Å²) in [7, 11) is 0. The number of para-hydroxylation sites is 1. The lowest BCUT2D eigenvalue weighted by Gasteiger charge is -2.31. The van der Waals surface area contributed by atoms with Gasteiger partial charge in [0.05, 0.1) is 4.92 Å². The first-order chi connectivity index (χ1) is 8.59. The van der Waals surface area contributed by atoms with Gasteiger partial charge in [0, 0.05) is 17.6 Å². The van der Waals surface area contributed by atoms with Crippen molar-refractivity contribution in [2.45, 2.75) is 38.8 Å². The molecule has 98 valence electrons. The molecule has 0 saturated carbocycles. The molecule has 0 bridgehead atoms. The average molecular weight is 249 g/mol. The number of anilines is 1. The molecule has 1 aromatic carbocycles. The highest BCUT2D eigenvalue weighted by atomic mass is 16.6. The summed E-state index contributed by atoms with van der Waals surface area (Å²) in [6.45, 7) is 4.90. The highest BCUT2D eigenvalue weighted by Gasteiger charge is 2.24. The van der Waals surface area contributed by atoms with Gasteiger partial charge in [-0.25, -0.2) is 0 Å². The number of nitrogens with one attached hydrogen (secondary N) is 2. The molecular weight excluding hydrogens is 230 g/mol. The van der Waals surface area contributed by atoms with Crippen LogP contribution in [0.4, 0.5) is 11.4 Å². The molecule has 1 heterocycles. The van der Waals surface area contributed by atoms with Gasteiger partial charge in [-0.2, -0.15) is 0 Å². The number of nitro groups is 1. The Balaban J connectivity index is 2.23. The molecule has 0 aliphatic carbocycles. The maximum absolute atomic E-state index is 11.1. The SMILES string of the molecule is Cc1cccc(NC2CCCNC2C)c1[N+](=O)[O-]. The smallest absolute Gasteiger partial charge is 0.295 e. The maximum Gasteiger partial charge on any atom is 0.295 e. The summed E-state index contributed by atoms with van der Waals surface area (Å²) < 4.78 is 0. The van der Waals surface area contributed by atoms with Crippen molar-refractivity contribution in [2.24, 2.45) is 0 Å². The number of nitrogens with zero attached hydrogens (tertiary/aromatic N) is 1. The largest absolute Gasteiger partial charge is 0.375 e. The van der Waals surface area contributed by atoms with Gasteiger partial charge in [0.2, 0.25) is 0 Å². The van der Waals surface area contributed by atoms with Gasteiger partial charge in [-0.3, -0.25) is 10.1 Å². The van der Waals surface area contributed by atoms with Crippen LogP contribution >= 0.6 is 0 Å². The quantitative estimate of drug-likeness (QED) is 0.638. The maximum atomic E-state index is 11.1. The highest BCUT2D eigenvalue weighted by Crippen LogP contribution is 2.29.